The molecule has 1 spiro atoms. The zero-order chi connectivity index (χ0) is 17.2. The van der Waals surface area contributed by atoms with Crippen molar-refractivity contribution in [2.75, 3.05) is 19.8 Å². The summed E-state index contributed by atoms with van der Waals surface area (Å²) in [5.74, 6) is -1.04. The van der Waals surface area contributed by atoms with Crippen LogP contribution in [0.3, 0.4) is 0 Å². The van der Waals surface area contributed by atoms with E-state index in [-0.39, 0.29) is 30.3 Å². The van der Waals surface area contributed by atoms with Crippen LogP contribution in [0.5, 0.6) is 0 Å². The second kappa shape index (κ2) is 6.55. The predicted molar refractivity (Wildman–Crippen MR) is 83.0 cm³/mol. The maximum atomic E-state index is 11.2. The van der Waals surface area contributed by atoms with Crippen LogP contribution in [-0.2, 0) is 19.0 Å². The van der Waals surface area contributed by atoms with E-state index in [0.717, 1.165) is 0 Å². The number of carbonyl (C=O) groups is 1. The molecule has 6 heteroatoms. The highest BCUT2D eigenvalue weighted by molar-refractivity contribution is 5.65. The van der Waals surface area contributed by atoms with E-state index in [2.05, 4.69) is 12.1 Å². The van der Waals surface area contributed by atoms with Gasteiger partial charge in [0, 0.05) is 25.7 Å². The fraction of sp³-hybridized carbons (Fsp3) is 0.722. The molecule has 2 aliphatic carbocycles. The average Bonchev–Trinajstić information content (AvgIpc) is 2.96. The predicted octanol–water partition coefficient (Wildman–Crippen LogP) is 2.32. The van der Waals surface area contributed by atoms with Crippen LogP contribution in [0.15, 0.2) is 12.2 Å². The summed E-state index contributed by atoms with van der Waals surface area (Å²) in [6, 6.07) is 4.54. The van der Waals surface area contributed by atoms with Crippen molar-refractivity contribution in [3.63, 3.8) is 0 Å². The van der Waals surface area contributed by atoms with Crippen molar-refractivity contribution in [2.45, 2.75) is 38.4 Å². The van der Waals surface area contributed by atoms with Gasteiger partial charge in [0.15, 0.2) is 5.79 Å². The fourth-order valence-corrected chi connectivity index (χ4v) is 4.41. The van der Waals surface area contributed by atoms with E-state index in [1.54, 1.807) is 0 Å². The topological polar surface area (TPSA) is 92.3 Å². The van der Waals surface area contributed by atoms with Crippen LogP contribution in [0.25, 0.3) is 0 Å². The lowest BCUT2D eigenvalue weighted by molar-refractivity contribution is -0.203. The normalized spacial score (nSPS) is 33.0. The molecule has 1 heterocycles. The number of hydrogen-bond donors (Lipinski definition) is 0. The van der Waals surface area contributed by atoms with Gasteiger partial charge in [-0.1, -0.05) is 12.2 Å². The van der Waals surface area contributed by atoms with Crippen molar-refractivity contribution in [2.24, 2.45) is 23.2 Å². The molecule has 3 aliphatic rings. The lowest BCUT2D eigenvalue weighted by Gasteiger charge is -2.45. The van der Waals surface area contributed by atoms with Gasteiger partial charge in [-0.3, -0.25) is 4.79 Å². The van der Waals surface area contributed by atoms with E-state index >= 15 is 0 Å². The molecule has 3 rings (SSSR count). The average molecular weight is 330 g/mol. The minimum atomic E-state index is -1.04. The smallest absolute Gasteiger partial charge is 0.302 e. The van der Waals surface area contributed by atoms with Crippen molar-refractivity contribution < 1.29 is 19.0 Å². The highest BCUT2D eigenvalue weighted by Gasteiger charge is 2.54. The van der Waals surface area contributed by atoms with E-state index in [1.165, 1.54) is 6.92 Å². The third-order valence-electron chi connectivity index (χ3n) is 5.60. The first-order valence-electron chi connectivity index (χ1n) is 8.45. The fourth-order valence-electron chi connectivity index (χ4n) is 4.41. The van der Waals surface area contributed by atoms with Crippen LogP contribution in [0.4, 0.5) is 0 Å². The van der Waals surface area contributed by atoms with Crippen LogP contribution in [0.2, 0.25) is 0 Å². The third-order valence-corrected chi connectivity index (χ3v) is 5.60. The number of ether oxygens (including phenoxy) is 3. The summed E-state index contributed by atoms with van der Waals surface area (Å²) >= 11 is 0. The number of esters is 1. The maximum Gasteiger partial charge on any atom is 0.302 e. The van der Waals surface area contributed by atoms with Crippen molar-refractivity contribution in [1.29, 1.82) is 10.5 Å². The molecule has 24 heavy (non-hydrogen) atoms. The molecule has 0 bridgehead atoms. The highest BCUT2D eigenvalue weighted by Crippen LogP contribution is 2.53. The molecule has 1 aliphatic heterocycles. The van der Waals surface area contributed by atoms with Gasteiger partial charge < -0.3 is 14.2 Å². The molecule has 3 atom stereocenters. The maximum absolute atomic E-state index is 11.2. The van der Waals surface area contributed by atoms with Crippen LogP contribution >= 0.6 is 0 Å². The molecule has 0 aromatic rings. The van der Waals surface area contributed by atoms with Crippen molar-refractivity contribution in [1.82, 2.24) is 0 Å². The van der Waals surface area contributed by atoms with Gasteiger partial charge in [0.05, 0.1) is 32.0 Å². The molecule has 0 aromatic carbocycles. The first kappa shape index (κ1) is 17.0. The second-order valence-electron chi connectivity index (χ2n) is 6.91. The Balaban J connectivity index is 1.91. The van der Waals surface area contributed by atoms with Crippen molar-refractivity contribution in [3.8, 4) is 12.1 Å². The minimum Gasteiger partial charge on any atom is -0.465 e. The molecular weight excluding hydrogens is 308 g/mol. The SMILES string of the molecule is CC(=O)OCC1C=CCC(C#N)(C#N)C2CCC3(C[C@@H]12)OCCO3. The molecule has 128 valence electrons. The molecule has 2 unspecified atom stereocenters. The number of allylic oxidation sites excluding steroid dienone is 1. The number of hydrogen-bond acceptors (Lipinski definition) is 6. The summed E-state index contributed by atoms with van der Waals surface area (Å²) in [5, 5.41) is 19.4. The van der Waals surface area contributed by atoms with Crippen LogP contribution in [0, 0.1) is 45.8 Å². The zero-order valence-electron chi connectivity index (χ0n) is 13.9. The summed E-state index contributed by atoms with van der Waals surface area (Å²) < 4.78 is 17.0. The molecular formula is C18H22N2O4. The Morgan fingerprint density at radius 3 is 2.67 bits per heavy atom. The van der Waals surface area contributed by atoms with E-state index in [4.69, 9.17) is 14.2 Å². The van der Waals surface area contributed by atoms with Crippen molar-refractivity contribution >= 4 is 5.97 Å². The lowest BCUT2D eigenvalue weighted by Crippen LogP contribution is -2.47. The largest absolute Gasteiger partial charge is 0.465 e. The first-order chi connectivity index (χ1) is 11.5. The summed E-state index contributed by atoms with van der Waals surface area (Å²) in [6.45, 7) is 2.79. The lowest BCUT2D eigenvalue weighted by atomic mass is 9.60. The Hall–Kier alpha value is -1.89. The standard InChI is InChI=1S/C18H22N2O4/c1-13(21)22-10-14-3-2-5-17(11-19,12-20)16-4-6-18(9-15(14)16)23-7-8-24-18/h2-3,14-16H,4-10H2,1H3/t14?,15-,16?/m0/s1. The quantitative estimate of drug-likeness (QED) is 0.570. The van der Waals surface area contributed by atoms with Gasteiger partial charge in [-0.25, -0.2) is 0 Å². The zero-order valence-corrected chi connectivity index (χ0v) is 13.9. The summed E-state index contributed by atoms with van der Waals surface area (Å²) in [4.78, 5) is 11.2. The summed E-state index contributed by atoms with van der Waals surface area (Å²) in [7, 11) is 0. The van der Waals surface area contributed by atoms with E-state index in [0.29, 0.717) is 38.9 Å². The Labute approximate surface area is 142 Å². The number of rotatable bonds is 2. The molecule has 0 aromatic heterocycles. The molecule has 0 radical (unpaired) electrons. The molecule has 0 amide bonds. The summed E-state index contributed by atoms with van der Waals surface area (Å²) in [5.41, 5.74) is -1.04. The van der Waals surface area contributed by atoms with Crippen LogP contribution in [0.1, 0.15) is 32.6 Å². The molecule has 2 fully saturated rings. The number of carbonyl (C=O) groups excluding carboxylic acids is 1. The van der Waals surface area contributed by atoms with E-state index in [9.17, 15) is 15.3 Å². The number of fused-ring (bicyclic) bond motifs is 1. The third kappa shape index (κ3) is 2.92. The van der Waals surface area contributed by atoms with Gasteiger partial charge in [-0.2, -0.15) is 10.5 Å². The van der Waals surface area contributed by atoms with Gasteiger partial charge in [-0.15, -0.1) is 0 Å². The molecule has 0 N–H and O–H groups in total. The highest BCUT2D eigenvalue weighted by atomic mass is 16.7. The number of nitriles is 2. The summed E-state index contributed by atoms with van der Waals surface area (Å²) in [6.07, 6.45) is 6.31. The minimum absolute atomic E-state index is 0.00856. The van der Waals surface area contributed by atoms with Gasteiger partial charge in [0.25, 0.3) is 0 Å². The van der Waals surface area contributed by atoms with E-state index < -0.39 is 11.2 Å². The second-order valence-corrected chi connectivity index (χ2v) is 6.91. The van der Waals surface area contributed by atoms with E-state index in [1.807, 2.05) is 12.2 Å². The van der Waals surface area contributed by atoms with Gasteiger partial charge in [-0.05, 0) is 24.7 Å². The van der Waals surface area contributed by atoms with Gasteiger partial charge in [0.2, 0.25) is 0 Å². The van der Waals surface area contributed by atoms with Gasteiger partial charge >= 0.3 is 5.97 Å². The number of nitrogens with zero attached hydrogens (tertiary/aromatic N) is 2. The Morgan fingerprint density at radius 2 is 2.04 bits per heavy atom. The Bertz CT molecular complexity index is 595. The van der Waals surface area contributed by atoms with Crippen LogP contribution < -0.4 is 0 Å². The Morgan fingerprint density at radius 1 is 1.33 bits per heavy atom. The molecule has 1 saturated heterocycles. The monoisotopic (exact) mass is 330 g/mol. The first-order valence-corrected chi connectivity index (χ1v) is 8.45. The Kier molecular flexibility index (Phi) is 4.62. The van der Waals surface area contributed by atoms with Gasteiger partial charge in [0.1, 0.15) is 5.41 Å². The van der Waals surface area contributed by atoms with Crippen molar-refractivity contribution in [3.05, 3.63) is 12.2 Å². The molecule has 6 nitrogen and oxygen atoms in total. The molecule has 1 saturated carbocycles. The van der Waals surface area contributed by atoms with Crippen LogP contribution in [-0.4, -0.2) is 31.6 Å².